The van der Waals surface area contributed by atoms with Gasteiger partial charge in [-0.25, -0.2) is 9.78 Å². The second-order valence-electron chi connectivity index (χ2n) is 5.55. The quantitative estimate of drug-likeness (QED) is 0.665. The van der Waals surface area contributed by atoms with Crippen LogP contribution in [0.25, 0.3) is 11.1 Å². The highest BCUT2D eigenvalue weighted by molar-refractivity contribution is 7.14. The molecule has 1 heterocycles. The topological polar surface area (TPSA) is 68.3 Å². The summed E-state index contributed by atoms with van der Waals surface area (Å²) in [6.45, 7) is 2.02. The number of aromatic nitrogens is 1. The van der Waals surface area contributed by atoms with Gasteiger partial charge in [0.15, 0.2) is 10.8 Å². The summed E-state index contributed by atoms with van der Waals surface area (Å²) in [4.78, 5) is 27.9. The minimum Gasteiger partial charge on any atom is -0.461 e. The van der Waals surface area contributed by atoms with Gasteiger partial charge < -0.3 is 10.1 Å². The molecule has 1 aromatic heterocycles. The summed E-state index contributed by atoms with van der Waals surface area (Å²) in [7, 11) is 0. The van der Waals surface area contributed by atoms with Crippen LogP contribution in [0, 0.1) is 0 Å². The molecule has 0 saturated carbocycles. The van der Waals surface area contributed by atoms with Crippen molar-refractivity contribution >= 4 is 28.3 Å². The third-order valence-electron chi connectivity index (χ3n) is 3.66. The number of benzene rings is 2. The van der Waals surface area contributed by atoms with Crippen molar-refractivity contribution in [2.75, 3.05) is 11.9 Å². The van der Waals surface area contributed by atoms with Gasteiger partial charge in [-0.1, -0.05) is 54.6 Å². The Bertz CT molecular complexity index is 889. The number of esters is 1. The van der Waals surface area contributed by atoms with Crippen molar-refractivity contribution in [3.8, 4) is 11.1 Å². The van der Waals surface area contributed by atoms with Crippen molar-refractivity contribution in [3.63, 3.8) is 0 Å². The van der Waals surface area contributed by atoms with Gasteiger partial charge in [-0.3, -0.25) is 4.79 Å². The highest BCUT2D eigenvalue weighted by atomic mass is 32.1. The predicted octanol–water partition coefficient (Wildman–Crippen LogP) is 4.17. The van der Waals surface area contributed by atoms with Crippen molar-refractivity contribution < 1.29 is 14.3 Å². The van der Waals surface area contributed by atoms with Crippen LogP contribution in [-0.4, -0.2) is 23.5 Å². The molecule has 0 spiro atoms. The van der Waals surface area contributed by atoms with Crippen molar-refractivity contribution in [3.05, 3.63) is 71.2 Å². The Hall–Kier alpha value is -2.99. The Balaban J connectivity index is 1.59. The van der Waals surface area contributed by atoms with E-state index in [2.05, 4.69) is 10.3 Å². The van der Waals surface area contributed by atoms with E-state index in [0.717, 1.165) is 16.7 Å². The standard InChI is InChI=1S/C20H18N2O3S/c1-2-25-19(24)17-13-26-20(21-17)22-18(23)12-14-8-10-16(11-9-14)15-6-4-3-5-7-15/h3-11,13H,2,12H2,1H3,(H,21,22,23). The van der Waals surface area contributed by atoms with Gasteiger partial charge in [0.1, 0.15) is 0 Å². The SMILES string of the molecule is CCOC(=O)c1csc(NC(=O)Cc2ccc(-c3ccccc3)cc2)n1. The largest absolute Gasteiger partial charge is 0.461 e. The van der Waals surface area contributed by atoms with Crippen molar-refractivity contribution in [2.45, 2.75) is 13.3 Å². The van der Waals surface area contributed by atoms with Gasteiger partial charge in [0.2, 0.25) is 5.91 Å². The molecular formula is C20H18N2O3S. The average Bonchev–Trinajstić information content (AvgIpc) is 3.12. The van der Waals surface area contributed by atoms with Crippen LogP contribution in [0.4, 0.5) is 5.13 Å². The zero-order chi connectivity index (χ0) is 18.4. The zero-order valence-corrected chi connectivity index (χ0v) is 15.1. The molecule has 1 N–H and O–H groups in total. The molecule has 0 radical (unpaired) electrons. The molecule has 0 bridgehead atoms. The molecule has 0 aliphatic heterocycles. The third kappa shape index (κ3) is 4.55. The molecule has 0 aliphatic carbocycles. The molecule has 0 saturated heterocycles. The van der Waals surface area contributed by atoms with Crippen LogP contribution in [0.1, 0.15) is 23.0 Å². The average molecular weight is 366 g/mol. The van der Waals surface area contributed by atoms with Crippen LogP contribution in [0.2, 0.25) is 0 Å². The molecular weight excluding hydrogens is 348 g/mol. The Morgan fingerprint density at radius 3 is 2.42 bits per heavy atom. The first-order valence-electron chi connectivity index (χ1n) is 8.22. The maximum Gasteiger partial charge on any atom is 0.357 e. The summed E-state index contributed by atoms with van der Waals surface area (Å²) in [5.41, 5.74) is 3.36. The van der Waals surface area contributed by atoms with Crippen LogP contribution in [-0.2, 0) is 16.0 Å². The molecule has 132 valence electrons. The molecule has 0 fully saturated rings. The first-order valence-corrected chi connectivity index (χ1v) is 9.10. The Morgan fingerprint density at radius 1 is 1.04 bits per heavy atom. The highest BCUT2D eigenvalue weighted by Crippen LogP contribution is 2.20. The smallest absolute Gasteiger partial charge is 0.357 e. The van der Waals surface area contributed by atoms with E-state index in [0.29, 0.717) is 5.13 Å². The van der Waals surface area contributed by atoms with E-state index in [4.69, 9.17) is 4.74 Å². The number of hydrogen-bond donors (Lipinski definition) is 1. The number of nitrogens with zero attached hydrogens (tertiary/aromatic N) is 1. The molecule has 0 unspecified atom stereocenters. The fraction of sp³-hybridized carbons (Fsp3) is 0.150. The van der Waals surface area contributed by atoms with Gasteiger partial charge in [-0.15, -0.1) is 11.3 Å². The number of carbonyl (C=O) groups is 2. The lowest BCUT2D eigenvalue weighted by Gasteiger charge is -2.05. The predicted molar refractivity (Wildman–Crippen MR) is 102 cm³/mol. The molecule has 5 nitrogen and oxygen atoms in total. The first-order chi connectivity index (χ1) is 12.7. The number of hydrogen-bond acceptors (Lipinski definition) is 5. The second-order valence-corrected chi connectivity index (χ2v) is 6.40. The monoisotopic (exact) mass is 366 g/mol. The zero-order valence-electron chi connectivity index (χ0n) is 14.3. The summed E-state index contributed by atoms with van der Waals surface area (Å²) in [6.07, 6.45) is 0.239. The van der Waals surface area contributed by atoms with E-state index in [1.54, 1.807) is 12.3 Å². The number of thiazole rings is 1. The molecule has 0 aliphatic rings. The van der Waals surface area contributed by atoms with E-state index < -0.39 is 5.97 Å². The number of ether oxygens (including phenoxy) is 1. The molecule has 0 atom stereocenters. The Morgan fingerprint density at radius 2 is 1.73 bits per heavy atom. The Kier molecular flexibility index (Phi) is 5.76. The van der Waals surface area contributed by atoms with E-state index in [-0.39, 0.29) is 24.6 Å². The molecule has 2 aromatic carbocycles. The summed E-state index contributed by atoms with van der Waals surface area (Å²) in [5.74, 6) is -0.664. The van der Waals surface area contributed by atoms with Crippen LogP contribution in [0.3, 0.4) is 0 Å². The number of carbonyl (C=O) groups excluding carboxylic acids is 2. The third-order valence-corrected chi connectivity index (χ3v) is 4.42. The summed E-state index contributed by atoms with van der Waals surface area (Å²) in [5, 5.41) is 4.67. The molecule has 26 heavy (non-hydrogen) atoms. The number of anilines is 1. The molecule has 3 rings (SSSR count). The van der Waals surface area contributed by atoms with E-state index in [9.17, 15) is 9.59 Å². The van der Waals surface area contributed by atoms with Crippen molar-refractivity contribution in [1.29, 1.82) is 0 Å². The minimum absolute atomic E-state index is 0.179. The molecule has 1 amide bonds. The van der Waals surface area contributed by atoms with E-state index >= 15 is 0 Å². The molecule has 3 aromatic rings. The first kappa shape index (κ1) is 17.8. The molecule has 6 heteroatoms. The maximum absolute atomic E-state index is 12.2. The number of nitrogens with one attached hydrogen (secondary N) is 1. The lowest BCUT2D eigenvalue weighted by atomic mass is 10.0. The van der Waals surface area contributed by atoms with Crippen molar-refractivity contribution in [2.24, 2.45) is 0 Å². The second kappa shape index (κ2) is 8.40. The van der Waals surface area contributed by atoms with Gasteiger partial charge in [0.05, 0.1) is 13.0 Å². The Labute approximate surface area is 155 Å². The van der Waals surface area contributed by atoms with Crippen LogP contribution in [0.15, 0.2) is 60.0 Å². The normalized spacial score (nSPS) is 10.3. The van der Waals surface area contributed by atoms with Gasteiger partial charge in [-0.05, 0) is 23.6 Å². The van der Waals surface area contributed by atoms with Crippen molar-refractivity contribution in [1.82, 2.24) is 4.98 Å². The summed E-state index contributed by atoms with van der Waals surface area (Å²) >= 11 is 1.20. The lowest BCUT2D eigenvalue weighted by Crippen LogP contribution is -2.14. The number of rotatable bonds is 6. The maximum atomic E-state index is 12.2. The highest BCUT2D eigenvalue weighted by Gasteiger charge is 2.13. The number of amides is 1. The fourth-order valence-corrected chi connectivity index (χ4v) is 3.12. The van der Waals surface area contributed by atoms with Gasteiger partial charge in [-0.2, -0.15) is 0 Å². The summed E-state index contributed by atoms with van der Waals surface area (Å²) < 4.78 is 4.88. The van der Waals surface area contributed by atoms with Crippen LogP contribution < -0.4 is 5.32 Å². The van der Waals surface area contributed by atoms with Crippen LogP contribution in [0.5, 0.6) is 0 Å². The van der Waals surface area contributed by atoms with Gasteiger partial charge >= 0.3 is 5.97 Å². The van der Waals surface area contributed by atoms with E-state index in [1.807, 2.05) is 54.6 Å². The van der Waals surface area contributed by atoms with Gasteiger partial charge in [0.25, 0.3) is 0 Å². The lowest BCUT2D eigenvalue weighted by molar-refractivity contribution is -0.115. The van der Waals surface area contributed by atoms with E-state index in [1.165, 1.54) is 11.3 Å². The fourth-order valence-electron chi connectivity index (χ4n) is 2.42. The van der Waals surface area contributed by atoms with Crippen LogP contribution >= 0.6 is 11.3 Å². The summed E-state index contributed by atoms with van der Waals surface area (Å²) in [6, 6.07) is 17.9. The minimum atomic E-state index is -0.485. The van der Waals surface area contributed by atoms with Gasteiger partial charge in [0, 0.05) is 5.38 Å².